The molecular formula is C22H16ClN3O2S. The number of hydrogen-bond donors (Lipinski definition) is 1. The molecule has 29 heavy (non-hydrogen) atoms. The van der Waals surface area contributed by atoms with Crippen LogP contribution in [0.25, 0.3) is 11.8 Å². The van der Waals surface area contributed by atoms with E-state index in [4.69, 9.17) is 23.8 Å². The molecule has 1 aliphatic heterocycles. The summed E-state index contributed by atoms with van der Waals surface area (Å²) >= 11 is 11.2. The summed E-state index contributed by atoms with van der Waals surface area (Å²) in [5, 5.41) is 3.32. The number of amides is 2. The van der Waals surface area contributed by atoms with E-state index in [1.165, 1.54) is 4.90 Å². The summed E-state index contributed by atoms with van der Waals surface area (Å²) in [6.07, 6.45) is 3.42. The highest BCUT2D eigenvalue weighted by Crippen LogP contribution is 2.26. The smallest absolute Gasteiger partial charge is 0.270 e. The van der Waals surface area contributed by atoms with E-state index < -0.39 is 11.8 Å². The van der Waals surface area contributed by atoms with Gasteiger partial charge in [-0.15, -0.1) is 0 Å². The SMILES string of the molecule is Cc1ccccc1N1C(=O)/C(=C\c2cccn2-c2ccc(Cl)cc2)C(=O)NC1=S. The number of anilines is 1. The van der Waals surface area contributed by atoms with Gasteiger partial charge in [0.25, 0.3) is 11.8 Å². The third kappa shape index (κ3) is 3.60. The Labute approximate surface area is 178 Å². The lowest BCUT2D eigenvalue weighted by Gasteiger charge is -2.30. The number of hydrogen-bond acceptors (Lipinski definition) is 3. The minimum Gasteiger partial charge on any atom is -0.317 e. The molecule has 1 N–H and O–H groups in total. The van der Waals surface area contributed by atoms with Crippen molar-refractivity contribution in [3.8, 4) is 5.69 Å². The molecule has 0 atom stereocenters. The van der Waals surface area contributed by atoms with Crippen molar-refractivity contribution < 1.29 is 9.59 Å². The molecule has 4 rings (SSSR count). The summed E-state index contributed by atoms with van der Waals surface area (Å²) in [6, 6.07) is 18.3. The van der Waals surface area contributed by atoms with Crippen molar-refractivity contribution in [2.45, 2.75) is 6.92 Å². The van der Waals surface area contributed by atoms with Crippen molar-refractivity contribution in [2.75, 3.05) is 4.90 Å². The van der Waals surface area contributed by atoms with Crippen LogP contribution in [-0.4, -0.2) is 21.5 Å². The molecule has 0 aliphatic carbocycles. The van der Waals surface area contributed by atoms with Gasteiger partial charge in [0.05, 0.1) is 5.69 Å². The average Bonchev–Trinajstić information content (AvgIpc) is 3.15. The molecule has 0 saturated carbocycles. The van der Waals surface area contributed by atoms with Gasteiger partial charge in [-0.1, -0.05) is 29.8 Å². The summed E-state index contributed by atoms with van der Waals surface area (Å²) in [5.41, 5.74) is 3.07. The first kappa shape index (κ1) is 19.1. The quantitative estimate of drug-likeness (QED) is 0.390. The molecule has 2 amide bonds. The van der Waals surface area contributed by atoms with Crippen molar-refractivity contribution >= 4 is 52.5 Å². The molecular weight excluding hydrogens is 406 g/mol. The normalized spacial score (nSPS) is 15.7. The van der Waals surface area contributed by atoms with E-state index in [0.29, 0.717) is 16.4 Å². The van der Waals surface area contributed by atoms with Crippen molar-refractivity contribution in [2.24, 2.45) is 0 Å². The Morgan fingerprint density at radius 1 is 1.00 bits per heavy atom. The van der Waals surface area contributed by atoms with Crippen molar-refractivity contribution in [1.29, 1.82) is 0 Å². The van der Waals surface area contributed by atoms with Gasteiger partial charge in [0.1, 0.15) is 5.57 Å². The number of carbonyl (C=O) groups excluding carboxylic acids is 2. The monoisotopic (exact) mass is 421 g/mol. The summed E-state index contributed by atoms with van der Waals surface area (Å²) in [5.74, 6) is -0.981. The topological polar surface area (TPSA) is 54.3 Å². The molecule has 7 heteroatoms. The van der Waals surface area contributed by atoms with Gasteiger partial charge in [-0.3, -0.25) is 19.8 Å². The zero-order valence-electron chi connectivity index (χ0n) is 15.4. The maximum atomic E-state index is 13.2. The van der Waals surface area contributed by atoms with E-state index in [2.05, 4.69) is 5.32 Å². The van der Waals surface area contributed by atoms with Crippen molar-refractivity contribution in [3.63, 3.8) is 0 Å². The fourth-order valence-electron chi connectivity index (χ4n) is 3.19. The Balaban J connectivity index is 1.76. The van der Waals surface area contributed by atoms with Gasteiger partial charge in [-0.25, -0.2) is 0 Å². The van der Waals surface area contributed by atoms with Crippen LogP contribution in [0.15, 0.2) is 72.4 Å². The van der Waals surface area contributed by atoms with Gasteiger partial charge >= 0.3 is 0 Å². The number of rotatable bonds is 3. The summed E-state index contributed by atoms with van der Waals surface area (Å²) in [4.78, 5) is 27.1. The second-order valence-electron chi connectivity index (χ2n) is 6.52. The third-order valence-electron chi connectivity index (χ3n) is 4.64. The van der Waals surface area contributed by atoms with E-state index in [9.17, 15) is 9.59 Å². The first-order valence-corrected chi connectivity index (χ1v) is 9.65. The number of nitrogens with zero attached hydrogens (tertiary/aromatic N) is 2. The number of thiocarbonyl (C=S) groups is 1. The van der Waals surface area contributed by atoms with Gasteiger partial charge in [0, 0.05) is 22.6 Å². The number of aromatic nitrogens is 1. The van der Waals surface area contributed by atoms with Crippen LogP contribution in [0.1, 0.15) is 11.3 Å². The lowest BCUT2D eigenvalue weighted by Crippen LogP contribution is -2.54. The summed E-state index contributed by atoms with van der Waals surface area (Å²) in [7, 11) is 0. The Bertz CT molecular complexity index is 1160. The largest absolute Gasteiger partial charge is 0.317 e. The van der Waals surface area contributed by atoms with Crippen LogP contribution < -0.4 is 10.2 Å². The molecule has 2 heterocycles. The van der Waals surface area contributed by atoms with Crippen LogP contribution in [0.4, 0.5) is 5.69 Å². The lowest BCUT2D eigenvalue weighted by atomic mass is 10.1. The van der Waals surface area contributed by atoms with Gasteiger partial charge < -0.3 is 4.57 Å². The van der Waals surface area contributed by atoms with E-state index >= 15 is 0 Å². The number of halogens is 1. The standard InChI is InChI=1S/C22H16ClN3O2S/c1-14-5-2-3-7-19(14)26-21(28)18(20(27)24-22(26)29)13-17-6-4-12-25(17)16-10-8-15(23)9-11-16/h2-13H,1H3,(H,24,27,29)/b18-13-. The molecule has 1 fully saturated rings. The first-order chi connectivity index (χ1) is 14.0. The lowest BCUT2D eigenvalue weighted by molar-refractivity contribution is -0.122. The van der Waals surface area contributed by atoms with Crippen LogP contribution in [0.2, 0.25) is 5.02 Å². The Morgan fingerprint density at radius 3 is 2.45 bits per heavy atom. The fraction of sp³-hybridized carbons (Fsp3) is 0.0455. The van der Waals surface area contributed by atoms with E-state index in [-0.39, 0.29) is 10.7 Å². The van der Waals surface area contributed by atoms with E-state index in [0.717, 1.165) is 11.3 Å². The predicted molar refractivity (Wildman–Crippen MR) is 118 cm³/mol. The van der Waals surface area contributed by atoms with Crippen LogP contribution in [0.3, 0.4) is 0 Å². The van der Waals surface area contributed by atoms with Crippen molar-refractivity contribution in [1.82, 2.24) is 9.88 Å². The Hall–Kier alpha value is -3.22. The van der Waals surface area contributed by atoms with E-state index in [1.54, 1.807) is 24.3 Å². The molecule has 0 spiro atoms. The van der Waals surface area contributed by atoms with Crippen LogP contribution in [-0.2, 0) is 9.59 Å². The predicted octanol–water partition coefficient (Wildman–Crippen LogP) is 4.27. The molecule has 2 aromatic carbocycles. The number of benzene rings is 2. The highest BCUT2D eigenvalue weighted by molar-refractivity contribution is 7.80. The molecule has 144 valence electrons. The van der Waals surface area contributed by atoms with Crippen molar-refractivity contribution in [3.05, 3.63) is 88.7 Å². The second-order valence-corrected chi connectivity index (χ2v) is 7.35. The minimum atomic E-state index is -0.520. The molecule has 1 aromatic heterocycles. The molecule has 0 unspecified atom stereocenters. The molecule has 1 saturated heterocycles. The Kier molecular flexibility index (Phi) is 5.05. The van der Waals surface area contributed by atoms with Gasteiger partial charge in [0.2, 0.25) is 0 Å². The summed E-state index contributed by atoms with van der Waals surface area (Å²) < 4.78 is 1.87. The molecule has 1 aliphatic rings. The fourth-order valence-corrected chi connectivity index (χ4v) is 3.59. The minimum absolute atomic E-state index is 0.00997. The number of para-hydroxylation sites is 1. The van der Waals surface area contributed by atoms with Crippen LogP contribution in [0, 0.1) is 6.92 Å². The van der Waals surface area contributed by atoms with Crippen LogP contribution in [0.5, 0.6) is 0 Å². The maximum absolute atomic E-state index is 13.2. The first-order valence-electron chi connectivity index (χ1n) is 8.86. The van der Waals surface area contributed by atoms with Gasteiger partial charge in [-0.05, 0) is 73.2 Å². The summed E-state index contributed by atoms with van der Waals surface area (Å²) in [6.45, 7) is 1.89. The number of aryl methyl sites for hydroxylation is 1. The molecule has 0 radical (unpaired) electrons. The maximum Gasteiger partial charge on any atom is 0.270 e. The number of nitrogens with one attached hydrogen (secondary N) is 1. The molecule has 0 bridgehead atoms. The van der Waals surface area contributed by atoms with E-state index in [1.807, 2.05) is 60.2 Å². The average molecular weight is 422 g/mol. The molecule has 3 aromatic rings. The van der Waals surface area contributed by atoms with Crippen LogP contribution >= 0.6 is 23.8 Å². The van der Waals surface area contributed by atoms with Gasteiger partial charge in [0.15, 0.2) is 5.11 Å². The highest BCUT2D eigenvalue weighted by Gasteiger charge is 2.35. The highest BCUT2D eigenvalue weighted by atomic mass is 35.5. The zero-order chi connectivity index (χ0) is 20.5. The van der Waals surface area contributed by atoms with Gasteiger partial charge in [-0.2, -0.15) is 0 Å². The molecule has 5 nitrogen and oxygen atoms in total. The third-order valence-corrected chi connectivity index (χ3v) is 5.17. The number of carbonyl (C=O) groups is 2. The Morgan fingerprint density at radius 2 is 1.72 bits per heavy atom. The second kappa shape index (κ2) is 7.66. The zero-order valence-corrected chi connectivity index (χ0v) is 17.0.